The zero-order valence-corrected chi connectivity index (χ0v) is 16.4. The van der Waals surface area contributed by atoms with Crippen molar-refractivity contribution in [1.82, 2.24) is 25.7 Å². The molecule has 8 heteroatoms. The van der Waals surface area contributed by atoms with E-state index in [4.69, 9.17) is 4.74 Å². The monoisotopic (exact) mass is 391 g/mol. The number of hydrogen-bond acceptors (Lipinski definition) is 7. The van der Waals surface area contributed by atoms with Gasteiger partial charge in [-0.1, -0.05) is 54.6 Å². The molecule has 8 nitrogen and oxygen atoms in total. The number of benzene rings is 2. The van der Waals surface area contributed by atoms with Gasteiger partial charge in [-0.25, -0.2) is 4.79 Å². The second kappa shape index (κ2) is 8.55. The molecule has 0 atom stereocenters. The molecule has 0 radical (unpaired) electrons. The van der Waals surface area contributed by atoms with E-state index in [0.717, 1.165) is 5.56 Å². The minimum Gasteiger partial charge on any atom is -0.445 e. The summed E-state index contributed by atoms with van der Waals surface area (Å²) in [5.41, 5.74) is 1.20. The minimum atomic E-state index is -0.563. The largest absolute Gasteiger partial charge is 0.445 e. The number of ketones is 1. The minimum absolute atomic E-state index is 0.0627. The fourth-order valence-electron chi connectivity index (χ4n) is 2.50. The van der Waals surface area contributed by atoms with Crippen molar-refractivity contribution in [3.05, 3.63) is 71.5 Å². The third-order valence-electron chi connectivity index (χ3n) is 3.81. The second-order valence-corrected chi connectivity index (χ2v) is 7.35. The molecule has 1 heterocycles. The Labute approximate surface area is 168 Å². The number of hydrogen-bond donors (Lipinski definition) is 1. The van der Waals surface area contributed by atoms with Gasteiger partial charge < -0.3 is 10.1 Å². The molecule has 0 aliphatic carbocycles. The first-order valence-electron chi connectivity index (χ1n) is 9.04. The summed E-state index contributed by atoms with van der Waals surface area (Å²) in [6, 6.07) is 16.0. The van der Waals surface area contributed by atoms with E-state index in [1.54, 1.807) is 24.3 Å². The molecule has 0 aliphatic heterocycles. The Bertz CT molecular complexity index is 999. The van der Waals surface area contributed by atoms with Crippen LogP contribution in [0, 0.1) is 0 Å². The number of alkyl carbamates (subject to hydrolysis) is 1. The summed E-state index contributed by atoms with van der Waals surface area (Å²) in [5, 5.41) is 18.5. The molecule has 3 aromatic rings. The number of nitrogens with one attached hydrogen (secondary N) is 1. The smallest absolute Gasteiger partial charge is 0.407 e. The van der Waals surface area contributed by atoms with Crippen molar-refractivity contribution in [2.24, 2.45) is 0 Å². The fraction of sp³-hybridized carbons (Fsp3) is 0.238. The summed E-state index contributed by atoms with van der Waals surface area (Å²) in [5.74, 6) is -0.242. The summed E-state index contributed by atoms with van der Waals surface area (Å²) >= 11 is 0. The van der Waals surface area contributed by atoms with Crippen LogP contribution in [0.25, 0.3) is 11.4 Å². The third kappa shape index (κ3) is 5.41. The number of nitrogens with zero attached hydrogens (tertiary/aromatic N) is 4. The van der Waals surface area contributed by atoms with E-state index in [1.165, 1.54) is 0 Å². The Morgan fingerprint density at radius 1 is 0.897 bits per heavy atom. The van der Waals surface area contributed by atoms with Crippen molar-refractivity contribution in [3.63, 3.8) is 0 Å². The van der Waals surface area contributed by atoms with Crippen molar-refractivity contribution < 1.29 is 14.3 Å². The molecule has 2 aromatic carbocycles. The fourth-order valence-corrected chi connectivity index (χ4v) is 2.50. The zero-order chi connectivity index (χ0) is 20.9. The maximum atomic E-state index is 12.8. The zero-order valence-electron chi connectivity index (χ0n) is 16.4. The molecule has 0 unspecified atom stereocenters. The summed E-state index contributed by atoms with van der Waals surface area (Å²) in [4.78, 5) is 24.7. The molecule has 1 aromatic heterocycles. The molecule has 0 fully saturated rings. The van der Waals surface area contributed by atoms with Crippen LogP contribution in [0.5, 0.6) is 0 Å². The Morgan fingerprint density at radius 2 is 1.52 bits per heavy atom. The van der Waals surface area contributed by atoms with Gasteiger partial charge in [-0.3, -0.25) is 4.79 Å². The first-order valence-corrected chi connectivity index (χ1v) is 9.04. The van der Waals surface area contributed by atoms with Crippen molar-refractivity contribution >= 4 is 11.9 Å². The van der Waals surface area contributed by atoms with E-state index in [-0.39, 0.29) is 12.4 Å². The normalized spacial score (nSPS) is 11.0. The molecule has 0 saturated carbocycles. The van der Waals surface area contributed by atoms with E-state index in [9.17, 15) is 9.59 Å². The van der Waals surface area contributed by atoms with Gasteiger partial charge in [-0.05, 0) is 20.8 Å². The molecule has 1 amide bonds. The lowest BCUT2D eigenvalue weighted by molar-refractivity contribution is 0.101. The maximum absolute atomic E-state index is 12.8. The Kier molecular flexibility index (Phi) is 5.92. The predicted molar refractivity (Wildman–Crippen MR) is 106 cm³/mol. The van der Waals surface area contributed by atoms with Crippen LogP contribution in [0.3, 0.4) is 0 Å². The number of rotatable bonds is 5. The van der Waals surface area contributed by atoms with Gasteiger partial charge in [0.2, 0.25) is 17.4 Å². The van der Waals surface area contributed by atoms with Gasteiger partial charge in [0.15, 0.2) is 0 Å². The van der Waals surface area contributed by atoms with Gasteiger partial charge in [-0.15, -0.1) is 20.4 Å². The number of ether oxygens (including phenoxy) is 1. The average molecular weight is 391 g/mol. The lowest BCUT2D eigenvalue weighted by Gasteiger charge is -2.20. The molecule has 0 saturated heterocycles. The summed E-state index contributed by atoms with van der Waals surface area (Å²) in [7, 11) is 0. The highest BCUT2D eigenvalue weighted by Crippen LogP contribution is 2.15. The third-order valence-corrected chi connectivity index (χ3v) is 3.81. The van der Waals surface area contributed by atoms with Crippen LogP contribution < -0.4 is 5.32 Å². The number of carbonyl (C=O) groups is 2. The summed E-state index contributed by atoms with van der Waals surface area (Å²) in [6.45, 7) is 5.49. The van der Waals surface area contributed by atoms with Crippen LogP contribution in [-0.2, 0) is 11.3 Å². The Hall–Kier alpha value is -3.68. The highest BCUT2D eigenvalue weighted by atomic mass is 16.5. The molecular weight excluding hydrogens is 370 g/mol. The SMILES string of the molecule is CC(C)(C)NC(=O)OCc1ccccc1C(=O)c1nnc(-c2ccccc2)nn1. The highest BCUT2D eigenvalue weighted by molar-refractivity contribution is 6.07. The van der Waals surface area contributed by atoms with Crippen LogP contribution in [0.1, 0.15) is 42.5 Å². The lowest BCUT2D eigenvalue weighted by Crippen LogP contribution is -2.40. The van der Waals surface area contributed by atoms with E-state index < -0.39 is 17.4 Å². The van der Waals surface area contributed by atoms with Crippen LogP contribution in [-0.4, -0.2) is 37.8 Å². The Morgan fingerprint density at radius 3 is 2.17 bits per heavy atom. The second-order valence-electron chi connectivity index (χ2n) is 7.35. The first-order chi connectivity index (χ1) is 13.8. The van der Waals surface area contributed by atoms with Gasteiger partial charge >= 0.3 is 6.09 Å². The molecule has 148 valence electrons. The average Bonchev–Trinajstić information content (AvgIpc) is 2.71. The molecule has 29 heavy (non-hydrogen) atoms. The standard InChI is InChI=1S/C21H21N5O3/c1-21(2,3)22-20(28)29-13-15-11-7-8-12-16(15)17(27)19-25-23-18(24-26-19)14-9-5-4-6-10-14/h4-12H,13H2,1-3H3,(H,22,28). The summed E-state index contributed by atoms with van der Waals surface area (Å²) in [6.07, 6.45) is -0.563. The van der Waals surface area contributed by atoms with E-state index in [2.05, 4.69) is 25.7 Å². The van der Waals surface area contributed by atoms with Crippen LogP contribution >= 0.6 is 0 Å². The van der Waals surface area contributed by atoms with Crippen LogP contribution in [0.15, 0.2) is 54.6 Å². The number of aromatic nitrogens is 4. The van der Waals surface area contributed by atoms with Crippen LogP contribution in [0.2, 0.25) is 0 Å². The number of amides is 1. The molecule has 3 rings (SSSR count). The predicted octanol–water partition coefficient (Wildman–Crippen LogP) is 3.19. The van der Waals surface area contributed by atoms with E-state index in [0.29, 0.717) is 17.0 Å². The van der Waals surface area contributed by atoms with Crippen molar-refractivity contribution in [2.45, 2.75) is 32.9 Å². The first kappa shape index (κ1) is 20.1. The molecule has 0 aliphatic rings. The van der Waals surface area contributed by atoms with E-state index in [1.807, 2.05) is 51.1 Å². The van der Waals surface area contributed by atoms with Gasteiger partial charge in [0.25, 0.3) is 0 Å². The lowest BCUT2D eigenvalue weighted by atomic mass is 10.0. The molecule has 1 N–H and O–H groups in total. The highest BCUT2D eigenvalue weighted by Gasteiger charge is 2.20. The van der Waals surface area contributed by atoms with Gasteiger partial charge in [0.05, 0.1) is 0 Å². The molecule has 0 bridgehead atoms. The van der Waals surface area contributed by atoms with E-state index >= 15 is 0 Å². The number of carbonyl (C=O) groups excluding carboxylic acids is 2. The quantitative estimate of drug-likeness (QED) is 0.666. The Balaban J connectivity index is 1.75. The van der Waals surface area contributed by atoms with Gasteiger partial charge in [0, 0.05) is 22.2 Å². The molecule has 0 spiro atoms. The maximum Gasteiger partial charge on any atom is 0.407 e. The van der Waals surface area contributed by atoms with Crippen LogP contribution in [0.4, 0.5) is 4.79 Å². The van der Waals surface area contributed by atoms with Crippen molar-refractivity contribution in [2.75, 3.05) is 0 Å². The molecular formula is C21H21N5O3. The van der Waals surface area contributed by atoms with Crippen molar-refractivity contribution in [3.8, 4) is 11.4 Å². The van der Waals surface area contributed by atoms with Crippen molar-refractivity contribution in [1.29, 1.82) is 0 Å². The topological polar surface area (TPSA) is 107 Å². The van der Waals surface area contributed by atoms with Gasteiger partial charge in [-0.2, -0.15) is 0 Å². The summed E-state index contributed by atoms with van der Waals surface area (Å²) < 4.78 is 5.23. The van der Waals surface area contributed by atoms with Gasteiger partial charge in [0.1, 0.15) is 6.61 Å².